The van der Waals surface area contributed by atoms with Gasteiger partial charge >= 0.3 is 6.09 Å². The number of hydrogen-bond acceptors (Lipinski definition) is 4. The Hall–Kier alpha value is -3.28. The minimum atomic E-state index is -0.310. The van der Waals surface area contributed by atoms with E-state index in [1.54, 1.807) is 12.0 Å². The summed E-state index contributed by atoms with van der Waals surface area (Å²) in [5, 5.41) is 8.36. The number of fused-ring (bicyclic) bond motifs is 1. The van der Waals surface area contributed by atoms with Crippen molar-refractivity contribution in [3.8, 4) is 5.75 Å². The molecule has 0 spiro atoms. The number of carbonyl (C=O) groups excluding carboxylic acids is 1. The predicted octanol–water partition coefficient (Wildman–Crippen LogP) is 4.09. The van der Waals surface area contributed by atoms with Gasteiger partial charge < -0.3 is 9.47 Å². The Morgan fingerprint density at radius 1 is 1.23 bits per heavy atom. The first-order valence-electron chi connectivity index (χ1n) is 8.42. The molecule has 2 heterocycles. The maximum Gasteiger partial charge on any atom is 0.414 e. The first-order chi connectivity index (χ1) is 12.7. The lowest BCUT2D eigenvalue weighted by atomic mass is 10.1. The highest BCUT2D eigenvalue weighted by atomic mass is 16.6. The van der Waals surface area contributed by atoms with Crippen LogP contribution < -0.4 is 9.64 Å². The number of aromatic nitrogens is 2. The van der Waals surface area contributed by atoms with Crippen LogP contribution in [0.4, 0.5) is 10.5 Å². The second-order valence-corrected chi connectivity index (χ2v) is 6.24. The molecular weight excluding hydrogens is 330 g/mol. The Balaban J connectivity index is 1.66. The van der Waals surface area contributed by atoms with Crippen LogP contribution in [0, 0.1) is 0 Å². The van der Waals surface area contributed by atoms with Crippen molar-refractivity contribution in [2.24, 2.45) is 0 Å². The molecule has 3 aromatic rings. The maximum atomic E-state index is 12.0. The number of nitrogens with one attached hydrogen (secondary N) is 1. The summed E-state index contributed by atoms with van der Waals surface area (Å²) >= 11 is 0. The number of aromatic amines is 1. The summed E-state index contributed by atoms with van der Waals surface area (Å²) in [5.74, 6) is 0.823. The molecule has 1 aliphatic heterocycles. The fourth-order valence-corrected chi connectivity index (χ4v) is 3.07. The molecule has 1 aliphatic rings. The number of anilines is 1. The average Bonchev–Trinajstić information content (AvgIpc) is 3.22. The van der Waals surface area contributed by atoms with E-state index in [0.717, 1.165) is 33.6 Å². The fourth-order valence-electron chi connectivity index (χ4n) is 3.07. The first-order valence-corrected chi connectivity index (χ1v) is 8.42. The first kappa shape index (κ1) is 16.2. The minimum Gasteiger partial charge on any atom is -0.497 e. The number of rotatable bonds is 4. The van der Waals surface area contributed by atoms with E-state index in [9.17, 15) is 4.79 Å². The lowest BCUT2D eigenvalue weighted by molar-refractivity contribution is 0.179. The number of carbonyl (C=O) groups is 1. The van der Waals surface area contributed by atoms with Crippen molar-refractivity contribution in [3.63, 3.8) is 0 Å². The van der Waals surface area contributed by atoms with Crippen molar-refractivity contribution >= 4 is 34.8 Å². The second kappa shape index (κ2) is 6.55. The summed E-state index contributed by atoms with van der Waals surface area (Å²) in [5.41, 5.74) is 3.60. The van der Waals surface area contributed by atoms with E-state index in [1.165, 1.54) is 0 Å². The zero-order chi connectivity index (χ0) is 18.1. The van der Waals surface area contributed by atoms with Crippen molar-refractivity contribution in [2.75, 3.05) is 18.6 Å². The van der Waals surface area contributed by atoms with Crippen LogP contribution in [-0.2, 0) is 4.74 Å². The molecule has 0 saturated carbocycles. The van der Waals surface area contributed by atoms with Crippen LogP contribution in [0.1, 0.15) is 18.2 Å². The van der Waals surface area contributed by atoms with E-state index in [4.69, 9.17) is 9.47 Å². The molecule has 0 bridgehead atoms. The third-order valence-electron chi connectivity index (χ3n) is 4.49. The fraction of sp³-hybridized carbons (Fsp3) is 0.200. The van der Waals surface area contributed by atoms with Crippen LogP contribution in [0.25, 0.3) is 23.1 Å². The number of nitrogens with zero attached hydrogens (tertiary/aromatic N) is 2. The molecule has 132 valence electrons. The molecule has 26 heavy (non-hydrogen) atoms. The zero-order valence-electron chi connectivity index (χ0n) is 14.6. The molecule has 0 aliphatic carbocycles. The Bertz CT molecular complexity index is 976. The third-order valence-corrected chi connectivity index (χ3v) is 4.49. The van der Waals surface area contributed by atoms with E-state index in [1.807, 2.05) is 61.5 Å². The SMILES string of the molecule is COc1ccc(/C=C/c2n[nH]c3ccc(N4C(=O)OC[C@@H]4C)cc23)cc1. The smallest absolute Gasteiger partial charge is 0.414 e. The highest BCUT2D eigenvalue weighted by molar-refractivity contribution is 5.96. The Morgan fingerprint density at radius 3 is 2.73 bits per heavy atom. The number of hydrogen-bond donors (Lipinski definition) is 1. The van der Waals surface area contributed by atoms with E-state index < -0.39 is 0 Å². The van der Waals surface area contributed by atoms with Crippen molar-refractivity contribution in [3.05, 3.63) is 53.7 Å². The lowest BCUT2D eigenvalue weighted by Gasteiger charge is -2.17. The van der Waals surface area contributed by atoms with Crippen LogP contribution in [0.2, 0.25) is 0 Å². The monoisotopic (exact) mass is 349 g/mol. The van der Waals surface area contributed by atoms with Gasteiger partial charge in [-0.25, -0.2) is 4.79 Å². The van der Waals surface area contributed by atoms with Gasteiger partial charge in [0.15, 0.2) is 0 Å². The number of H-pyrrole nitrogens is 1. The highest BCUT2D eigenvalue weighted by Gasteiger charge is 2.31. The van der Waals surface area contributed by atoms with Crippen molar-refractivity contribution in [1.29, 1.82) is 0 Å². The van der Waals surface area contributed by atoms with Crippen molar-refractivity contribution in [2.45, 2.75) is 13.0 Å². The Morgan fingerprint density at radius 2 is 2.04 bits per heavy atom. The lowest BCUT2D eigenvalue weighted by Crippen LogP contribution is -2.30. The predicted molar refractivity (Wildman–Crippen MR) is 101 cm³/mol. The molecule has 1 aromatic heterocycles. The van der Waals surface area contributed by atoms with E-state index >= 15 is 0 Å². The van der Waals surface area contributed by atoms with Gasteiger partial charge in [-0.1, -0.05) is 18.2 Å². The molecule has 0 radical (unpaired) electrons. The van der Waals surface area contributed by atoms with Gasteiger partial charge in [0, 0.05) is 11.1 Å². The van der Waals surface area contributed by atoms with Gasteiger partial charge in [0.05, 0.1) is 24.4 Å². The normalized spacial score (nSPS) is 17.2. The van der Waals surface area contributed by atoms with E-state index in [2.05, 4.69) is 10.2 Å². The number of amides is 1. The molecule has 1 amide bonds. The van der Waals surface area contributed by atoms with Crippen LogP contribution in [0.3, 0.4) is 0 Å². The number of benzene rings is 2. The maximum absolute atomic E-state index is 12.0. The van der Waals surface area contributed by atoms with Gasteiger partial charge in [-0.15, -0.1) is 0 Å². The van der Waals surface area contributed by atoms with E-state index in [-0.39, 0.29) is 12.1 Å². The quantitative estimate of drug-likeness (QED) is 0.770. The summed E-state index contributed by atoms with van der Waals surface area (Å²) in [6.45, 7) is 2.38. The van der Waals surface area contributed by atoms with Crippen LogP contribution in [0.15, 0.2) is 42.5 Å². The van der Waals surface area contributed by atoms with Crippen LogP contribution in [-0.4, -0.2) is 36.0 Å². The third kappa shape index (κ3) is 2.90. The molecule has 6 heteroatoms. The van der Waals surface area contributed by atoms with E-state index in [0.29, 0.717) is 6.61 Å². The standard InChI is InChI=1S/C20H19N3O3/c1-13-12-26-20(24)23(13)15-6-10-19-17(11-15)18(21-22-19)9-5-14-3-7-16(25-2)8-4-14/h3-11,13H,12H2,1-2H3,(H,21,22)/b9-5+/t13-/m0/s1. The van der Waals surface area contributed by atoms with Gasteiger partial charge in [0.25, 0.3) is 0 Å². The minimum absolute atomic E-state index is 0.0187. The molecule has 1 atom stereocenters. The molecule has 4 rings (SSSR count). The summed E-state index contributed by atoms with van der Waals surface area (Å²) in [6, 6.07) is 13.6. The molecule has 6 nitrogen and oxygen atoms in total. The van der Waals surface area contributed by atoms with Crippen molar-refractivity contribution in [1.82, 2.24) is 10.2 Å². The Kier molecular flexibility index (Phi) is 4.08. The van der Waals surface area contributed by atoms with Crippen LogP contribution in [0.5, 0.6) is 5.75 Å². The summed E-state index contributed by atoms with van der Waals surface area (Å²) in [7, 11) is 1.65. The van der Waals surface area contributed by atoms with Gasteiger partial charge in [-0.3, -0.25) is 10.00 Å². The molecule has 1 saturated heterocycles. The number of methoxy groups -OCH3 is 1. The number of ether oxygens (including phenoxy) is 2. The largest absolute Gasteiger partial charge is 0.497 e. The van der Waals surface area contributed by atoms with Crippen LogP contribution >= 0.6 is 0 Å². The molecule has 0 unspecified atom stereocenters. The number of cyclic esters (lactones) is 1. The van der Waals surface area contributed by atoms with Gasteiger partial charge in [0.2, 0.25) is 0 Å². The molecule has 1 fully saturated rings. The summed E-state index contributed by atoms with van der Waals surface area (Å²) in [6.07, 6.45) is 3.64. The van der Waals surface area contributed by atoms with Crippen molar-refractivity contribution < 1.29 is 14.3 Å². The summed E-state index contributed by atoms with van der Waals surface area (Å²) < 4.78 is 10.3. The average molecular weight is 349 g/mol. The van der Waals surface area contributed by atoms with Gasteiger partial charge in [-0.05, 0) is 48.9 Å². The molecule has 2 aromatic carbocycles. The summed E-state index contributed by atoms with van der Waals surface area (Å²) in [4.78, 5) is 13.6. The highest BCUT2D eigenvalue weighted by Crippen LogP contribution is 2.28. The zero-order valence-corrected chi connectivity index (χ0v) is 14.6. The van der Waals surface area contributed by atoms with Gasteiger partial charge in [0.1, 0.15) is 12.4 Å². The molecule has 1 N–H and O–H groups in total. The Labute approximate surface area is 151 Å². The second-order valence-electron chi connectivity index (χ2n) is 6.24. The topological polar surface area (TPSA) is 67.5 Å². The molecular formula is C20H19N3O3. The van der Waals surface area contributed by atoms with Gasteiger partial charge in [-0.2, -0.15) is 5.10 Å².